The molecule has 3 rings (SSSR count). The van der Waals surface area contributed by atoms with Crippen LogP contribution in [0.4, 0.5) is 8.78 Å². The Hall–Kier alpha value is -2.35. The van der Waals surface area contributed by atoms with Gasteiger partial charge in [0.25, 0.3) is 0 Å². The molecule has 22 heavy (non-hydrogen) atoms. The highest BCUT2D eigenvalue weighted by Crippen LogP contribution is 2.18. The SMILES string of the molecule is O=C(NCc1nc(-c2ccc(F)c(F)c2)no1)C1CCCN1. The van der Waals surface area contributed by atoms with Crippen LogP contribution in [0.3, 0.4) is 0 Å². The minimum Gasteiger partial charge on any atom is -0.346 e. The molecule has 6 nitrogen and oxygen atoms in total. The highest BCUT2D eigenvalue weighted by Gasteiger charge is 2.22. The summed E-state index contributed by atoms with van der Waals surface area (Å²) in [6, 6.07) is 3.15. The third-order valence-electron chi connectivity index (χ3n) is 3.44. The molecule has 0 radical (unpaired) electrons. The van der Waals surface area contributed by atoms with Gasteiger partial charge in [0.05, 0.1) is 12.6 Å². The Bertz CT molecular complexity index is 683. The molecule has 2 N–H and O–H groups in total. The van der Waals surface area contributed by atoms with Crippen LogP contribution in [0.25, 0.3) is 11.4 Å². The van der Waals surface area contributed by atoms with E-state index >= 15 is 0 Å². The Morgan fingerprint density at radius 3 is 3.00 bits per heavy atom. The quantitative estimate of drug-likeness (QED) is 0.892. The standard InChI is InChI=1S/C14H14F2N4O2/c15-9-4-3-8(6-10(9)16)13-19-12(22-20-13)7-18-14(21)11-2-1-5-17-11/h3-4,6,11,17H,1-2,5,7H2,(H,18,21). The third-order valence-corrected chi connectivity index (χ3v) is 3.44. The molecule has 116 valence electrons. The largest absolute Gasteiger partial charge is 0.346 e. The van der Waals surface area contributed by atoms with Gasteiger partial charge in [-0.1, -0.05) is 5.16 Å². The van der Waals surface area contributed by atoms with E-state index in [1.165, 1.54) is 6.07 Å². The van der Waals surface area contributed by atoms with Crippen molar-refractivity contribution in [3.05, 3.63) is 35.7 Å². The second kappa shape index (κ2) is 6.18. The van der Waals surface area contributed by atoms with Crippen molar-refractivity contribution in [3.63, 3.8) is 0 Å². The summed E-state index contributed by atoms with van der Waals surface area (Å²) in [6.07, 6.45) is 1.77. The highest BCUT2D eigenvalue weighted by atomic mass is 19.2. The van der Waals surface area contributed by atoms with E-state index in [1.807, 2.05) is 0 Å². The van der Waals surface area contributed by atoms with Crippen LogP contribution in [-0.2, 0) is 11.3 Å². The first-order chi connectivity index (χ1) is 10.6. The van der Waals surface area contributed by atoms with Crippen molar-refractivity contribution < 1.29 is 18.1 Å². The van der Waals surface area contributed by atoms with Crippen LogP contribution in [0, 0.1) is 11.6 Å². The lowest BCUT2D eigenvalue weighted by Crippen LogP contribution is -2.40. The zero-order valence-electron chi connectivity index (χ0n) is 11.6. The average molecular weight is 308 g/mol. The van der Waals surface area contributed by atoms with Gasteiger partial charge in [0.15, 0.2) is 11.6 Å². The van der Waals surface area contributed by atoms with Crippen LogP contribution >= 0.6 is 0 Å². The van der Waals surface area contributed by atoms with Crippen molar-refractivity contribution in [2.24, 2.45) is 0 Å². The summed E-state index contributed by atoms with van der Waals surface area (Å²) in [4.78, 5) is 15.9. The maximum atomic E-state index is 13.2. The van der Waals surface area contributed by atoms with Crippen molar-refractivity contribution in [3.8, 4) is 11.4 Å². The lowest BCUT2D eigenvalue weighted by atomic mass is 10.2. The number of rotatable bonds is 4. The van der Waals surface area contributed by atoms with Gasteiger partial charge in [-0.3, -0.25) is 4.79 Å². The smallest absolute Gasteiger partial charge is 0.246 e. The first kappa shape index (κ1) is 14.6. The van der Waals surface area contributed by atoms with Gasteiger partial charge in [-0.05, 0) is 37.6 Å². The van der Waals surface area contributed by atoms with Crippen molar-refractivity contribution in [2.75, 3.05) is 6.54 Å². The monoisotopic (exact) mass is 308 g/mol. The van der Waals surface area contributed by atoms with E-state index < -0.39 is 11.6 Å². The van der Waals surface area contributed by atoms with E-state index in [4.69, 9.17) is 4.52 Å². The van der Waals surface area contributed by atoms with Gasteiger partial charge in [0.1, 0.15) is 0 Å². The van der Waals surface area contributed by atoms with Crippen LogP contribution < -0.4 is 10.6 Å². The van der Waals surface area contributed by atoms with E-state index in [9.17, 15) is 13.6 Å². The summed E-state index contributed by atoms with van der Waals surface area (Å²) in [6.45, 7) is 0.923. The Kier molecular flexibility index (Phi) is 4.10. The molecule has 1 aromatic heterocycles. The molecule has 0 bridgehead atoms. The fourth-order valence-electron chi connectivity index (χ4n) is 2.27. The summed E-state index contributed by atoms with van der Waals surface area (Å²) in [5.41, 5.74) is 0.303. The van der Waals surface area contributed by atoms with Gasteiger partial charge >= 0.3 is 0 Å². The number of hydrogen-bond donors (Lipinski definition) is 2. The molecular formula is C14H14F2N4O2. The Labute approximate surface area is 124 Å². The number of halogens is 2. The molecule has 1 aliphatic rings. The maximum absolute atomic E-state index is 13.2. The van der Waals surface area contributed by atoms with E-state index in [1.54, 1.807) is 0 Å². The lowest BCUT2D eigenvalue weighted by Gasteiger charge is -2.08. The molecule has 0 spiro atoms. The number of hydrogen-bond acceptors (Lipinski definition) is 5. The van der Waals surface area contributed by atoms with Crippen molar-refractivity contribution in [1.82, 2.24) is 20.8 Å². The molecular weight excluding hydrogens is 294 g/mol. The molecule has 1 aromatic carbocycles. The van der Waals surface area contributed by atoms with Gasteiger partial charge < -0.3 is 15.2 Å². The fraction of sp³-hybridized carbons (Fsp3) is 0.357. The number of nitrogens with one attached hydrogen (secondary N) is 2. The van der Waals surface area contributed by atoms with Gasteiger partial charge in [0.2, 0.25) is 17.6 Å². The summed E-state index contributed by atoms with van der Waals surface area (Å²) < 4.78 is 31.0. The van der Waals surface area contributed by atoms with Gasteiger partial charge in [-0.25, -0.2) is 8.78 Å². The Balaban J connectivity index is 1.63. The molecule has 1 fully saturated rings. The molecule has 1 unspecified atom stereocenters. The van der Waals surface area contributed by atoms with Crippen molar-refractivity contribution in [1.29, 1.82) is 0 Å². The van der Waals surface area contributed by atoms with Crippen LogP contribution in [0.15, 0.2) is 22.7 Å². The number of aromatic nitrogens is 2. The normalized spacial score (nSPS) is 17.6. The summed E-state index contributed by atoms with van der Waals surface area (Å²) in [7, 11) is 0. The topological polar surface area (TPSA) is 80.1 Å². The molecule has 1 amide bonds. The predicted molar refractivity (Wildman–Crippen MR) is 72.5 cm³/mol. The average Bonchev–Trinajstić information content (AvgIpc) is 3.19. The first-order valence-corrected chi connectivity index (χ1v) is 6.92. The zero-order valence-corrected chi connectivity index (χ0v) is 11.6. The molecule has 2 heterocycles. The number of amides is 1. The maximum Gasteiger partial charge on any atom is 0.246 e. The summed E-state index contributed by atoms with van der Waals surface area (Å²) in [5, 5.41) is 9.46. The first-order valence-electron chi connectivity index (χ1n) is 6.92. The van der Waals surface area contributed by atoms with Gasteiger partial charge in [-0.2, -0.15) is 4.98 Å². The second-order valence-corrected chi connectivity index (χ2v) is 5.01. The van der Waals surface area contributed by atoms with Crippen LogP contribution in [0.5, 0.6) is 0 Å². The Morgan fingerprint density at radius 2 is 2.27 bits per heavy atom. The van der Waals surface area contributed by atoms with E-state index in [2.05, 4.69) is 20.8 Å². The zero-order chi connectivity index (χ0) is 15.5. The van der Waals surface area contributed by atoms with E-state index in [-0.39, 0.29) is 30.2 Å². The lowest BCUT2D eigenvalue weighted by molar-refractivity contribution is -0.123. The van der Waals surface area contributed by atoms with Gasteiger partial charge in [0, 0.05) is 5.56 Å². The molecule has 1 aliphatic heterocycles. The minimum absolute atomic E-state index is 0.0910. The summed E-state index contributed by atoms with van der Waals surface area (Å²) >= 11 is 0. The number of nitrogens with zero attached hydrogens (tertiary/aromatic N) is 2. The van der Waals surface area contributed by atoms with Crippen molar-refractivity contribution in [2.45, 2.75) is 25.4 Å². The van der Waals surface area contributed by atoms with E-state index in [0.717, 1.165) is 31.5 Å². The molecule has 2 aromatic rings. The van der Waals surface area contributed by atoms with Gasteiger partial charge in [-0.15, -0.1) is 0 Å². The van der Waals surface area contributed by atoms with Crippen molar-refractivity contribution >= 4 is 5.91 Å². The highest BCUT2D eigenvalue weighted by molar-refractivity contribution is 5.81. The number of carbonyl (C=O) groups excluding carboxylic acids is 1. The molecule has 0 saturated carbocycles. The number of carbonyl (C=O) groups is 1. The van der Waals surface area contributed by atoms with E-state index in [0.29, 0.717) is 5.56 Å². The molecule has 0 aliphatic carbocycles. The minimum atomic E-state index is -0.982. The third kappa shape index (κ3) is 3.11. The van der Waals surface area contributed by atoms with Crippen LogP contribution in [0.2, 0.25) is 0 Å². The number of benzene rings is 1. The molecule has 1 saturated heterocycles. The van der Waals surface area contributed by atoms with Crippen LogP contribution in [-0.4, -0.2) is 28.6 Å². The Morgan fingerprint density at radius 1 is 1.41 bits per heavy atom. The van der Waals surface area contributed by atoms with Crippen LogP contribution in [0.1, 0.15) is 18.7 Å². The molecule has 8 heteroatoms. The fourth-order valence-corrected chi connectivity index (χ4v) is 2.27. The molecule has 1 atom stereocenters. The predicted octanol–water partition coefficient (Wildman–Crippen LogP) is 1.38. The summed E-state index contributed by atoms with van der Waals surface area (Å²) in [5.74, 6) is -1.70. The second-order valence-electron chi connectivity index (χ2n) is 5.01.